The molecule has 3 unspecified atom stereocenters. The summed E-state index contributed by atoms with van der Waals surface area (Å²) in [4.78, 5) is 11.6. The Hall–Kier alpha value is -0.540. The van der Waals surface area contributed by atoms with Crippen molar-refractivity contribution in [2.24, 2.45) is 11.8 Å². The number of ether oxygens (including phenoxy) is 1. The molecule has 1 amide bonds. The first-order chi connectivity index (χ1) is 13.1. The summed E-state index contributed by atoms with van der Waals surface area (Å²) in [6.07, 6.45) is 7.87. The Morgan fingerprint density at radius 2 is 1.22 bits per heavy atom. The lowest BCUT2D eigenvalue weighted by molar-refractivity contribution is 0.0835. The average Bonchev–Trinajstić information content (AvgIpc) is 2.67. The fourth-order valence-electron chi connectivity index (χ4n) is 3.49. The van der Waals surface area contributed by atoms with Crippen LogP contribution in [0.15, 0.2) is 0 Å². The predicted octanol–water partition coefficient (Wildman–Crippen LogP) is 2.42. The number of thiol groups is 1. The highest BCUT2D eigenvalue weighted by molar-refractivity contribution is 7.78. The normalized spacial score (nSPS) is 14.6. The van der Waals surface area contributed by atoms with Gasteiger partial charge in [0.1, 0.15) is 6.10 Å². The molecule has 0 saturated heterocycles. The highest BCUT2D eigenvalue weighted by Gasteiger charge is 2.18. The molecule has 0 aliphatic carbocycles. The first-order valence-corrected chi connectivity index (χ1v) is 10.6. The van der Waals surface area contributed by atoms with Gasteiger partial charge in [-0.25, -0.2) is 4.79 Å². The van der Waals surface area contributed by atoms with Crippen LogP contribution in [0.5, 0.6) is 0 Å². The van der Waals surface area contributed by atoms with E-state index in [9.17, 15) is 15.0 Å². The largest absolute Gasteiger partial charge is 0.446 e. The summed E-state index contributed by atoms with van der Waals surface area (Å²) in [6, 6.07) is 0. The Labute approximate surface area is 169 Å². The molecule has 0 rings (SSSR count). The first-order valence-electron chi connectivity index (χ1n) is 10.1. The van der Waals surface area contributed by atoms with Gasteiger partial charge < -0.3 is 25.2 Å². The minimum absolute atomic E-state index is 0.118. The van der Waals surface area contributed by atoms with E-state index >= 15 is 0 Å². The maximum absolute atomic E-state index is 11.6. The number of aliphatic hydroxyl groups excluding tert-OH is 4. The van der Waals surface area contributed by atoms with Crippen LogP contribution < -0.4 is 4.72 Å². The highest BCUT2D eigenvalue weighted by atomic mass is 32.1. The third-order valence-electron chi connectivity index (χ3n) is 5.02. The van der Waals surface area contributed by atoms with E-state index in [0.717, 1.165) is 51.4 Å². The molecule has 0 fully saturated rings. The third kappa shape index (κ3) is 15.1. The summed E-state index contributed by atoms with van der Waals surface area (Å²) in [5.74, 6) is 0.673. The summed E-state index contributed by atoms with van der Waals surface area (Å²) < 4.78 is 7.62. The lowest BCUT2D eigenvalue weighted by atomic mass is 9.90. The molecule has 0 saturated carbocycles. The summed E-state index contributed by atoms with van der Waals surface area (Å²) in [7, 11) is 0. The van der Waals surface area contributed by atoms with Crippen molar-refractivity contribution in [1.82, 2.24) is 4.72 Å². The van der Waals surface area contributed by atoms with Crippen molar-refractivity contribution >= 4 is 18.9 Å². The zero-order valence-electron chi connectivity index (χ0n) is 16.4. The van der Waals surface area contributed by atoms with Gasteiger partial charge in [0.2, 0.25) is 0 Å². The first kappa shape index (κ1) is 26.5. The molecule has 0 heterocycles. The number of nitrogens with one attached hydrogen (secondary N) is 1. The maximum Gasteiger partial charge on any atom is 0.417 e. The lowest BCUT2D eigenvalue weighted by Gasteiger charge is -2.22. The highest BCUT2D eigenvalue weighted by Crippen LogP contribution is 2.24. The van der Waals surface area contributed by atoms with Gasteiger partial charge in [-0.05, 0) is 76.0 Å². The topological polar surface area (TPSA) is 119 Å². The minimum Gasteiger partial charge on any atom is -0.446 e. The van der Waals surface area contributed by atoms with E-state index in [1.54, 1.807) is 0 Å². The summed E-state index contributed by atoms with van der Waals surface area (Å²) in [5, 5.41) is 36.4. The van der Waals surface area contributed by atoms with Crippen LogP contribution in [0, 0.1) is 11.8 Å². The van der Waals surface area contributed by atoms with E-state index in [1.165, 1.54) is 0 Å². The number of amides is 1. The quantitative estimate of drug-likeness (QED) is 0.194. The molecule has 27 heavy (non-hydrogen) atoms. The molecule has 0 spiro atoms. The van der Waals surface area contributed by atoms with Crippen molar-refractivity contribution in [1.29, 1.82) is 0 Å². The molecule has 5 N–H and O–H groups in total. The number of carbonyl (C=O) groups excluding carboxylic acids is 1. The molecule has 8 heteroatoms. The molecule has 0 aromatic carbocycles. The Bertz CT molecular complexity index is 348. The number of aliphatic hydroxyl groups is 4. The SMILES string of the molecule is O=C(NS)OC(CCCC(CCO)CCCO)CCC(CCO)CCCO. The smallest absolute Gasteiger partial charge is 0.417 e. The molecule has 3 atom stereocenters. The maximum atomic E-state index is 11.6. The van der Waals surface area contributed by atoms with Gasteiger partial charge in [0.05, 0.1) is 0 Å². The number of hydrogen-bond acceptors (Lipinski definition) is 7. The van der Waals surface area contributed by atoms with E-state index in [1.807, 2.05) is 0 Å². The van der Waals surface area contributed by atoms with Crippen molar-refractivity contribution in [2.45, 2.75) is 76.7 Å². The van der Waals surface area contributed by atoms with E-state index in [4.69, 9.17) is 14.9 Å². The Balaban J connectivity index is 4.48. The second-order valence-electron chi connectivity index (χ2n) is 7.14. The van der Waals surface area contributed by atoms with Gasteiger partial charge in [0.25, 0.3) is 0 Å². The van der Waals surface area contributed by atoms with Crippen molar-refractivity contribution in [2.75, 3.05) is 26.4 Å². The van der Waals surface area contributed by atoms with Crippen molar-refractivity contribution in [3.8, 4) is 0 Å². The zero-order chi connectivity index (χ0) is 20.3. The van der Waals surface area contributed by atoms with Gasteiger partial charge in [-0.1, -0.05) is 19.2 Å². The second-order valence-corrected chi connectivity index (χ2v) is 7.36. The molecule has 0 aliphatic heterocycles. The molecule has 0 radical (unpaired) electrons. The monoisotopic (exact) mass is 409 g/mol. The van der Waals surface area contributed by atoms with E-state index in [2.05, 4.69) is 17.5 Å². The predicted molar refractivity (Wildman–Crippen MR) is 109 cm³/mol. The van der Waals surface area contributed by atoms with Gasteiger partial charge in [-0.15, -0.1) is 0 Å². The Morgan fingerprint density at radius 1 is 0.704 bits per heavy atom. The van der Waals surface area contributed by atoms with Crippen LogP contribution in [0.1, 0.15) is 70.6 Å². The second kappa shape index (κ2) is 18.8. The van der Waals surface area contributed by atoms with Gasteiger partial charge in [-0.3, -0.25) is 4.72 Å². The number of rotatable bonds is 18. The zero-order valence-corrected chi connectivity index (χ0v) is 17.3. The van der Waals surface area contributed by atoms with Gasteiger partial charge in [0.15, 0.2) is 0 Å². The summed E-state index contributed by atoms with van der Waals surface area (Å²) in [5.41, 5.74) is 0. The minimum atomic E-state index is -0.565. The van der Waals surface area contributed by atoms with Crippen LogP contribution in [-0.4, -0.2) is 59.1 Å². The van der Waals surface area contributed by atoms with Crippen LogP contribution in [-0.2, 0) is 4.74 Å². The van der Waals surface area contributed by atoms with Gasteiger partial charge in [-0.2, -0.15) is 0 Å². The van der Waals surface area contributed by atoms with Crippen LogP contribution in [0.25, 0.3) is 0 Å². The number of hydrogen-bond donors (Lipinski definition) is 6. The fraction of sp³-hybridized carbons (Fsp3) is 0.947. The van der Waals surface area contributed by atoms with Crippen molar-refractivity contribution < 1.29 is 30.0 Å². The fourth-order valence-corrected chi connectivity index (χ4v) is 3.54. The molecular formula is C19H39NO6S. The molecule has 0 aromatic heterocycles. The molecule has 162 valence electrons. The number of carbonyl (C=O) groups is 1. The molecular weight excluding hydrogens is 370 g/mol. The standard InChI is InChI=1S/C19H39NO6S/c21-12-2-5-16(10-14-23)4-1-7-18(26-19(25)20-27)9-8-17(11-15-24)6-3-13-22/h16-18,21-24,27H,1-15H2,(H,20,25). The van der Waals surface area contributed by atoms with Crippen molar-refractivity contribution in [3.63, 3.8) is 0 Å². The van der Waals surface area contributed by atoms with Gasteiger partial charge >= 0.3 is 6.09 Å². The van der Waals surface area contributed by atoms with Crippen LogP contribution in [0.2, 0.25) is 0 Å². The third-order valence-corrected chi connectivity index (χ3v) is 5.20. The molecule has 0 bridgehead atoms. The van der Waals surface area contributed by atoms with Crippen molar-refractivity contribution in [3.05, 3.63) is 0 Å². The Morgan fingerprint density at radius 3 is 1.70 bits per heavy atom. The molecule has 0 aromatic rings. The Kier molecular flexibility index (Phi) is 18.4. The molecule has 0 aliphatic rings. The van der Waals surface area contributed by atoms with Crippen LogP contribution in [0.4, 0.5) is 4.79 Å². The van der Waals surface area contributed by atoms with E-state index in [-0.39, 0.29) is 32.5 Å². The molecule has 7 nitrogen and oxygen atoms in total. The van der Waals surface area contributed by atoms with E-state index < -0.39 is 6.09 Å². The lowest BCUT2D eigenvalue weighted by Crippen LogP contribution is -2.24. The van der Waals surface area contributed by atoms with Gasteiger partial charge in [0, 0.05) is 26.4 Å². The van der Waals surface area contributed by atoms with E-state index in [0.29, 0.717) is 31.1 Å². The van der Waals surface area contributed by atoms with Crippen LogP contribution in [0.3, 0.4) is 0 Å². The summed E-state index contributed by atoms with van der Waals surface area (Å²) in [6.45, 7) is 0.568. The van der Waals surface area contributed by atoms with Crippen LogP contribution >= 0.6 is 12.8 Å². The average molecular weight is 410 g/mol. The summed E-state index contributed by atoms with van der Waals surface area (Å²) >= 11 is 3.73.